The molecule has 0 fully saturated rings. The highest BCUT2D eigenvalue weighted by molar-refractivity contribution is 6.09. The number of carboxylic acids is 1. The number of carbonyl (C=O) groups is 2. The first kappa shape index (κ1) is 22.2. The van der Waals surface area contributed by atoms with Gasteiger partial charge >= 0.3 is 5.97 Å². The first-order chi connectivity index (χ1) is 15.9. The van der Waals surface area contributed by atoms with E-state index >= 15 is 0 Å². The number of rotatable bonds is 8. The van der Waals surface area contributed by atoms with Crippen LogP contribution in [0.15, 0.2) is 72.8 Å². The van der Waals surface area contributed by atoms with Crippen molar-refractivity contribution in [1.29, 1.82) is 0 Å². The molecule has 0 spiro atoms. The van der Waals surface area contributed by atoms with E-state index in [0.29, 0.717) is 11.4 Å². The van der Waals surface area contributed by atoms with E-state index in [1.54, 1.807) is 0 Å². The van der Waals surface area contributed by atoms with Crippen LogP contribution in [0.25, 0.3) is 23.3 Å². The van der Waals surface area contributed by atoms with Gasteiger partial charge in [0.15, 0.2) is 11.9 Å². The summed E-state index contributed by atoms with van der Waals surface area (Å²) >= 11 is 0. The van der Waals surface area contributed by atoms with Gasteiger partial charge in [-0.05, 0) is 43.2 Å². The summed E-state index contributed by atoms with van der Waals surface area (Å²) in [5.41, 5.74) is 5.08. The van der Waals surface area contributed by atoms with Crippen molar-refractivity contribution in [1.82, 2.24) is 9.55 Å². The Morgan fingerprint density at radius 2 is 1.73 bits per heavy atom. The fraction of sp³-hybridized carbons (Fsp3) is 0.148. The quantitative estimate of drug-likeness (QED) is 0.381. The number of hydrogen-bond acceptors (Lipinski definition) is 4. The number of aryl methyl sites for hydroxylation is 1. The number of imidazole rings is 1. The topological polar surface area (TPSA) is 81.4 Å². The van der Waals surface area contributed by atoms with E-state index in [4.69, 9.17) is 9.84 Å². The molecule has 3 aromatic carbocycles. The Labute approximate surface area is 191 Å². The largest absolute Gasteiger partial charge is 0.479 e. The van der Waals surface area contributed by atoms with E-state index in [-0.39, 0.29) is 12.4 Å². The lowest BCUT2D eigenvalue weighted by atomic mass is 10.1. The van der Waals surface area contributed by atoms with Crippen LogP contribution in [0.1, 0.15) is 39.8 Å². The maximum Gasteiger partial charge on any atom is 0.332 e. The summed E-state index contributed by atoms with van der Waals surface area (Å²) in [4.78, 5) is 28.7. The van der Waals surface area contributed by atoms with Gasteiger partial charge in [-0.1, -0.05) is 66.2 Å². The summed E-state index contributed by atoms with van der Waals surface area (Å²) in [6.07, 6.45) is 2.89. The van der Waals surface area contributed by atoms with Crippen LogP contribution in [-0.2, 0) is 16.1 Å². The first-order valence-corrected chi connectivity index (χ1v) is 10.6. The van der Waals surface area contributed by atoms with Gasteiger partial charge < -0.3 is 9.84 Å². The second-order valence-corrected chi connectivity index (χ2v) is 7.84. The van der Waals surface area contributed by atoms with Gasteiger partial charge in [-0.3, -0.25) is 9.36 Å². The number of aliphatic carboxylic acids is 1. The number of benzene rings is 3. The number of ketones is 1. The van der Waals surface area contributed by atoms with Crippen LogP contribution in [0.3, 0.4) is 0 Å². The molecule has 6 nitrogen and oxygen atoms in total. The third-order valence-corrected chi connectivity index (χ3v) is 5.36. The Morgan fingerprint density at radius 1 is 1.03 bits per heavy atom. The number of hydrogen-bond donors (Lipinski definition) is 1. The maximum atomic E-state index is 13.2. The maximum absolute atomic E-state index is 13.2. The molecule has 4 aromatic rings. The van der Waals surface area contributed by atoms with Crippen molar-refractivity contribution in [3.05, 3.63) is 101 Å². The zero-order valence-electron chi connectivity index (χ0n) is 18.4. The molecule has 0 aliphatic carbocycles. The third-order valence-electron chi connectivity index (χ3n) is 5.36. The molecule has 1 N–H and O–H groups in total. The Morgan fingerprint density at radius 3 is 2.42 bits per heavy atom. The second kappa shape index (κ2) is 9.63. The minimum Gasteiger partial charge on any atom is -0.479 e. The van der Waals surface area contributed by atoms with Gasteiger partial charge in [0.2, 0.25) is 5.78 Å². The van der Waals surface area contributed by atoms with Gasteiger partial charge in [-0.15, -0.1) is 0 Å². The summed E-state index contributed by atoms with van der Waals surface area (Å²) in [6, 6.07) is 22.7. The van der Waals surface area contributed by atoms with E-state index in [9.17, 15) is 9.59 Å². The van der Waals surface area contributed by atoms with Crippen molar-refractivity contribution in [3.8, 4) is 0 Å². The molecule has 4 rings (SSSR count). The molecule has 0 bridgehead atoms. The summed E-state index contributed by atoms with van der Waals surface area (Å²) in [7, 11) is 0. The molecule has 1 atom stereocenters. The summed E-state index contributed by atoms with van der Waals surface area (Å²) in [6.45, 7) is 3.71. The minimum absolute atomic E-state index is 0.143. The van der Waals surface area contributed by atoms with Crippen LogP contribution in [0.2, 0.25) is 0 Å². The Hall–Kier alpha value is -4.03. The molecule has 33 heavy (non-hydrogen) atoms. The lowest BCUT2D eigenvalue weighted by molar-refractivity contribution is -0.149. The van der Waals surface area contributed by atoms with Crippen molar-refractivity contribution >= 4 is 35.1 Å². The van der Waals surface area contributed by atoms with Crippen molar-refractivity contribution in [2.75, 3.05) is 0 Å². The summed E-state index contributed by atoms with van der Waals surface area (Å²) < 4.78 is 7.13. The molecular weight excluding hydrogens is 416 g/mol. The molecule has 6 heteroatoms. The monoisotopic (exact) mass is 440 g/mol. The zero-order valence-corrected chi connectivity index (χ0v) is 18.4. The number of carboxylic acid groups (broad SMARTS) is 1. The average molecular weight is 440 g/mol. The highest BCUT2D eigenvalue weighted by atomic mass is 16.5. The molecule has 166 valence electrons. The normalized spacial score (nSPS) is 12.3. The van der Waals surface area contributed by atoms with Crippen molar-refractivity contribution in [2.24, 2.45) is 0 Å². The molecule has 1 heterocycles. The number of aromatic nitrogens is 2. The number of fused-ring (bicyclic) bond motifs is 1. The van der Waals surface area contributed by atoms with Crippen molar-refractivity contribution in [2.45, 2.75) is 26.6 Å². The predicted molar refractivity (Wildman–Crippen MR) is 128 cm³/mol. The van der Waals surface area contributed by atoms with E-state index in [1.165, 1.54) is 6.92 Å². The Bertz CT molecular complexity index is 1320. The standard InChI is InChI=1S/C27H24N2O4/c1-18-7-13-22(14-8-18)25(30)26-28-23-5-3-4-6-24(23)29(26)16-15-20-9-11-21(12-10-20)17-33-19(2)27(31)32/h3-16,19H,17H2,1-2H3,(H,31,32)/b16-15+/t19-/m1/s1. The van der Waals surface area contributed by atoms with Crippen LogP contribution < -0.4 is 0 Å². The second-order valence-electron chi connectivity index (χ2n) is 7.84. The van der Waals surface area contributed by atoms with Crippen LogP contribution >= 0.6 is 0 Å². The molecular formula is C27H24N2O4. The number of ether oxygens (including phenoxy) is 1. The highest BCUT2D eigenvalue weighted by Gasteiger charge is 2.18. The van der Waals surface area contributed by atoms with E-state index in [0.717, 1.165) is 27.7 Å². The lowest BCUT2D eigenvalue weighted by Gasteiger charge is -2.08. The smallest absolute Gasteiger partial charge is 0.332 e. The van der Waals surface area contributed by atoms with Gasteiger partial charge in [-0.2, -0.15) is 0 Å². The minimum atomic E-state index is -0.988. The van der Waals surface area contributed by atoms with Gasteiger partial charge in [0.05, 0.1) is 17.6 Å². The molecule has 0 saturated heterocycles. The van der Waals surface area contributed by atoms with Gasteiger partial charge in [-0.25, -0.2) is 9.78 Å². The van der Waals surface area contributed by atoms with Crippen LogP contribution in [0.5, 0.6) is 0 Å². The molecule has 1 aromatic heterocycles. The van der Waals surface area contributed by atoms with E-state index in [2.05, 4.69) is 4.98 Å². The Balaban J connectivity index is 1.60. The summed E-state index contributed by atoms with van der Waals surface area (Å²) in [5.74, 6) is -0.780. The van der Waals surface area contributed by atoms with Gasteiger partial charge in [0.1, 0.15) is 0 Å². The van der Waals surface area contributed by atoms with Crippen LogP contribution in [0.4, 0.5) is 0 Å². The fourth-order valence-electron chi connectivity index (χ4n) is 3.37. The van der Waals surface area contributed by atoms with Crippen LogP contribution in [-0.4, -0.2) is 32.5 Å². The Kier molecular flexibility index (Phi) is 6.47. The van der Waals surface area contributed by atoms with E-state index in [1.807, 2.05) is 96.6 Å². The molecule has 0 aliphatic rings. The predicted octanol–water partition coefficient (Wildman–Crippen LogP) is 5.19. The van der Waals surface area contributed by atoms with Gasteiger partial charge in [0, 0.05) is 11.8 Å². The fourth-order valence-corrected chi connectivity index (χ4v) is 3.37. The first-order valence-electron chi connectivity index (χ1n) is 10.6. The molecule has 0 saturated carbocycles. The molecule has 0 unspecified atom stereocenters. The number of carbonyl (C=O) groups excluding carboxylic acids is 1. The third kappa shape index (κ3) is 5.07. The van der Waals surface area contributed by atoms with E-state index < -0.39 is 12.1 Å². The molecule has 0 amide bonds. The van der Waals surface area contributed by atoms with Crippen LogP contribution in [0, 0.1) is 6.92 Å². The van der Waals surface area contributed by atoms with Gasteiger partial charge in [0.25, 0.3) is 0 Å². The van der Waals surface area contributed by atoms with Crippen molar-refractivity contribution < 1.29 is 19.4 Å². The number of nitrogens with zero attached hydrogens (tertiary/aromatic N) is 2. The van der Waals surface area contributed by atoms with Crippen molar-refractivity contribution in [3.63, 3.8) is 0 Å². The number of para-hydroxylation sites is 2. The molecule has 0 aliphatic heterocycles. The highest BCUT2D eigenvalue weighted by Crippen LogP contribution is 2.20. The lowest BCUT2D eigenvalue weighted by Crippen LogP contribution is -2.19. The summed E-state index contributed by atoms with van der Waals surface area (Å²) in [5, 5.41) is 8.92. The SMILES string of the molecule is Cc1ccc(C(=O)c2nc3ccccc3n2/C=C/c2ccc(CO[C@H](C)C(=O)O)cc2)cc1. The average Bonchev–Trinajstić information content (AvgIpc) is 3.20. The zero-order chi connectivity index (χ0) is 23.4. The molecule has 0 radical (unpaired) electrons.